The Morgan fingerprint density at radius 2 is 1.26 bits per heavy atom. The van der Waals surface area contributed by atoms with Gasteiger partial charge in [-0.15, -0.1) is 17.0 Å². The highest BCUT2D eigenvalue weighted by atomic mass is 79.9. The van der Waals surface area contributed by atoms with E-state index >= 15 is 0 Å². The van der Waals surface area contributed by atoms with Gasteiger partial charge >= 0.3 is 5.97 Å². The first kappa shape index (κ1) is 28.9. The molecule has 0 aromatic heterocycles. The third-order valence-electron chi connectivity index (χ3n) is 4.88. The largest absolute Gasteiger partial charge is 0.461 e. The highest BCUT2D eigenvalue weighted by Gasteiger charge is 2.18. The van der Waals surface area contributed by atoms with E-state index in [4.69, 9.17) is 4.74 Å². The minimum atomic E-state index is -0.351. The van der Waals surface area contributed by atoms with E-state index in [1.54, 1.807) is 0 Å². The summed E-state index contributed by atoms with van der Waals surface area (Å²) in [5, 5.41) is 3.47. The molecule has 0 unspecified atom stereocenters. The standard InChI is InChI=1S/C23H45NO2.BrH/c1-5-7-8-9-10-11-12-13-14-15-16-17-18-19-20-24-23(3,4)21-26-22(25)6-2;/h6,24H,2,5,7-21H2,1,3-4H3;1H. The number of hydrogen-bond donors (Lipinski definition) is 1. The molecule has 0 aromatic rings. The Balaban J connectivity index is 0. The summed E-state index contributed by atoms with van der Waals surface area (Å²) in [7, 11) is 0. The third-order valence-corrected chi connectivity index (χ3v) is 4.88. The van der Waals surface area contributed by atoms with Crippen LogP contribution in [0.1, 0.15) is 111 Å². The van der Waals surface area contributed by atoms with Crippen molar-refractivity contribution < 1.29 is 9.53 Å². The van der Waals surface area contributed by atoms with Gasteiger partial charge in [0.1, 0.15) is 6.61 Å². The first-order valence-corrected chi connectivity index (χ1v) is 11.1. The lowest BCUT2D eigenvalue weighted by atomic mass is 10.0. The number of carbonyl (C=O) groups is 1. The summed E-state index contributed by atoms with van der Waals surface area (Å²) >= 11 is 0. The van der Waals surface area contributed by atoms with Crippen molar-refractivity contribution >= 4 is 23.0 Å². The Kier molecular flexibility index (Phi) is 21.8. The summed E-state index contributed by atoms with van der Waals surface area (Å²) in [6.07, 6.45) is 20.6. The van der Waals surface area contributed by atoms with E-state index in [9.17, 15) is 4.79 Å². The van der Waals surface area contributed by atoms with Crippen molar-refractivity contribution in [3.63, 3.8) is 0 Å². The summed E-state index contributed by atoms with van der Waals surface area (Å²) < 4.78 is 5.11. The van der Waals surface area contributed by atoms with E-state index < -0.39 is 0 Å². The maximum absolute atomic E-state index is 11.1. The van der Waals surface area contributed by atoms with Crippen molar-refractivity contribution in [2.75, 3.05) is 13.2 Å². The zero-order chi connectivity index (χ0) is 19.5. The Morgan fingerprint density at radius 1 is 0.852 bits per heavy atom. The van der Waals surface area contributed by atoms with Crippen LogP contribution in [0.5, 0.6) is 0 Å². The number of esters is 1. The lowest BCUT2D eigenvalue weighted by Crippen LogP contribution is -2.44. The monoisotopic (exact) mass is 447 g/mol. The second-order valence-electron chi connectivity index (χ2n) is 8.22. The molecule has 0 atom stereocenters. The molecule has 0 amide bonds. The number of rotatable bonds is 19. The highest BCUT2D eigenvalue weighted by Crippen LogP contribution is 2.13. The maximum Gasteiger partial charge on any atom is 0.330 e. The van der Waals surface area contributed by atoms with Gasteiger partial charge in [-0.2, -0.15) is 0 Å². The van der Waals surface area contributed by atoms with Crippen molar-refractivity contribution in [2.24, 2.45) is 0 Å². The summed E-state index contributed by atoms with van der Waals surface area (Å²) in [5.74, 6) is -0.351. The molecule has 162 valence electrons. The predicted octanol–water partition coefficient (Wildman–Crippen LogP) is 7.14. The third kappa shape index (κ3) is 21.8. The van der Waals surface area contributed by atoms with Crippen LogP contribution in [0.25, 0.3) is 0 Å². The van der Waals surface area contributed by atoms with Crippen LogP contribution in [0.15, 0.2) is 12.7 Å². The Hall–Kier alpha value is -0.350. The van der Waals surface area contributed by atoms with Crippen molar-refractivity contribution in [2.45, 2.75) is 116 Å². The first-order chi connectivity index (χ1) is 12.5. The van der Waals surface area contributed by atoms with Crippen LogP contribution in [0.4, 0.5) is 0 Å². The second-order valence-corrected chi connectivity index (χ2v) is 8.22. The average molecular weight is 449 g/mol. The van der Waals surface area contributed by atoms with Crippen LogP contribution in [-0.4, -0.2) is 24.7 Å². The second kappa shape index (κ2) is 20.4. The smallest absolute Gasteiger partial charge is 0.330 e. The quantitative estimate of drug-likeness (QED) is 0.130. The molecule has 4 heteroatoms. The number of carbonyl (C=O) groups excluding carboxylic acids is 1. The molecule has 0 rings (SSSR count). The molecular weight excluding hydrogens is 402 g/mol. The van der Waals surface area contributed by atoms with Gasteiger partial charge in [0.2, 0.25) is 0 Å². The predicted molar refractivity (Wildman–Crippen MR) is 124 cm³/mol. The van der Waals surface area contributed by atoms with Gasteiger partial charge in [0.15, 0.2) is 0 Å². The molecule has 0 bridgehead atoms. The molecule has 0 saturated heterocycles. The number of hydrogen-bond acceptors (Lipinski definition) is 3. The van der Waals surface area contributed by atoms with E-state index in [0.29, 0.717) is 6.61 Å². The van der Waals surface area contributed by atoms with Gasteiger partial charge in [-0.3, -0.25) is 0 Å². The molecule has 0 aromatic carbocycles. The molecular formula is C23H46BrNO2. The Bertz CT molecular complexity index is 345. The van der Waals surface area contributed by atoms with Gasteiger partial charge in [0.05, 0.1) is 0 Å². The van der Waals surface area contributed by atoms with Crippen molar-refractivity contribution in [3.8, 4) is 0 Å². The maximum atomic E-state index is 11.1. The summed E-state index contributed by atoms with van der Waals surface area (Å²) in [6, 6.07) is 0. The highest BCUT2D eigenvalue weighted by molar-refractivity contribution is 8.93. The van der Waals surface area contributed by atoms with Crippen LogP contribution in [0.3, 0.4) is 0 Å². The minimum Gasteiger partial charge on any atom is -0.461 e. The van der Waals surface area contributed by atoms with Crippen LogP contribution >= 0.6 is 17.0 Å². The van der Waals surface area contributed by atoms with Gasteiger partial charge in [-0.1, -0.05) is 97.0 Å². The molecule has 0 fully saturated rings. The van der Waals surface area contributed by atoms with Crippen molar-refractivity contribution in [1.82, 2.24) is 5.32 Å². The molecule has 27 heavy (non-hydrogen) atoms. The van der Waals surface area contributed by atoms with Crippen LogP contribution in [0.2, 0.25) is 0 Å². The molecule has 0 radical (unpaired) electrons. The van der Waals surface area contributed by atoms with E-state index in [1.807, 2.05) is 0 Å². The fourth-order valence-electron chi connectivity index (χ4n) is 3.11. The zero-order valence-electron chi connectivity index (χ0n) is 18.3. The SMILES string of the molecule is Br.C=CC(=O)OCC(C)(C)NCCCCCCCCCCCCCCCC. The van der Waals surface area contributed by atoms with E-state index in [1.165, 1.54) is 96.0 Å². The number of ether oxygens (including phenoxy) is 1. The molecule has 0 aliphatic rings. The fourth-order valence-corrected chi connectivity index (χ4v) is 3.11. The first-order valence-electron chi connectivity index (χ1n) is 11.1. The summed E-state index contributed by atoms with van der Waals surface area (Å²) in [5.41, 5.74) is -0.171. The molecule has 3 nitrogen and oxygen atoms in total. The van der Waals surface area contributed by atoms with E-state index in [2.05, 4.69) is 32.7 Å². The average Bonchev–Trinajstić information content (AvgIpc) is 2.63. The van der Waals surface area contributed by atoms with Gasteiger partial charge in [-0.05, 0) is 26.8 Å². The fraction of sp³-hybridized carbons (Fsp3) is 0.870. The lowest BCUT2D eigenvalue weighted by molar-refractivity contribution is -0.139. The van der Waals surface area contributed by atoms with Gasteiger partial charge in [0, 0.05) is 11.6 Å². The van der Waals surface area contributed by atoms with Crippen LogP contribution in [-0.2, 0) is 9.53 Å². The topological polar surface area (TPSA) is 38.3 Å². The summed E-state index contributed by atoms with van der Waals surface area (Å²) in [4.78, 5) is 11.1. The molecule has 0 spiro atoms. The molecule has 0 saturated carbocycles. The Labute approximate surface area is 179 Å². The zero-order valence-corrected chi connectivity index (χ0v) is 20.0. The number of nitrogens with one attached hydrogen (secondary N) is 1. The van der Waals surface area contributed by atoms with Gasteiger partial charge in [0.25, 0.3) is 0 Å². The van der Waals surface area contributed by atoms with Gasteiger partial charge in [-0.25, -0.2) is 4.79 Å². The van der Waals surface area contributed by atoms with Crippen LogP contribution in [0, 0.1) is 0 Å². The van der Waals surface area contributed by atoms with Crippen molar-refractivity contribution in [1.29, 1.82) is 0 Å². The van der Waals surface area contributed by atoms with Gasteiger partial charge < -0.3 is 10.1 Å². The summed E-state index contributed by atoms with van der Waals surface area (Å²) in [6.45, 7) is 11.2. The molecule has 1 N–H and O–H groups in total. The molecule has 0 aliphatic heterocycles. The van der Waals surface area contributed by atoms with Crippen molar-refractivity contribution in [3.05, 3.63) is 12.7 Å². The number of unbranched alkanes of at least 4 members (excludes halogenated alkanes) is 13. The molecule has 0 aliphatic carbocycles. The molecule has 0 heterocycles. The Morgan fingerprint density at radius 3 is 1.67 bits per heavy atom. The normalized spacial score (nSPS) is 11.1. The number of halogens is 1. The van der Waals surface area contributed by atoms with E-state index in [0.717, 1.165) is 6.54 Å². The van der Waals surface area contributed by atoms with E-state index in [-0.39, 0.29) is 28.5 Å². The lowest BCUT2D eigenvalue weighted by Gasteiger charge is -2.25. The van der Waals surface area contributed by atoms with Crippen LogP contribution < -0.4 is 5.32 Å². The minimum absolute atomic E-state index is 0.